The third-order valence-corrected chi connectivity index (χ3v) is 13.1. The maximum absolute atomic E-state index is 2.57. The zero-order chi connectivity index (χ0) is 37.1. The number of hydrogen-bond acceptors (Lipinski definition) is 0. The zero-order valence-corrected chi connectivity index (χ0v) is 31.5. The SMILES string of the molecule is CC1C=CC=CC1c1cc2c3c4c(n2-c2ccc(-c5ccc(-n6c7ccccc7c7ccccc76)cc5)cc2)C=CC(C)C4c2ccccc2-c2cccc1c23. The van der Waals surface area contributed by atoms with Crippen LogP contribution in [-0.2, 0) is 0 Å². The molecular weight excluding hydrogens is 677 g/mol. The molecule has 0 saturated heterocycles. The first kappa shape index (κ1) is 31.7. The molecule has 0 amide bonds. The number of benzene rings is 7. The third kappa shape index (κ3) is 4.38. The van der Waals surface area contributed by atoms with Crippen LogP contribution in [0, 0.1) is 11.8 Å². The van der Waals surface area contributed by atoms with Gasteiger partial charge in [0.1, 0.15) is 0 Å². The molecule has 266 valence electrons. The average molecular weight is 717 g/mol. The maximum atomic E-state index is 2.57. The van der Waals surface area contributed by atoms with Crippen LogP contribution in [0.4, 0.5) is 0 Å². The first-order valence-electron chi connectivity index (χ1n) is 20.1. The van der Waals surface area contributed by atoms with Crippen LogP contribution >= 0.6 is 0 Å². The Labute approximate surface area is 327 Å². The Morgan fingerprint density at radius 1 is 0.446 bits per heavy atom. The highest BCUT2D eigenvalue weighted by atomic mass is 15.0. The van der Waals surface area contributed by atoms with E-state index in [1.165, 1.54) is 99.5 Å². The number of hydrogen-bond donors (Lipinski definition) is 0. The van der Waals surface area contributed by atoms with Gasteiger partial charge in [-0.05, 0) is 110 Å². The molecule has 12 rings (SSSR count). The van der Waals surface area contributed by atoms with E-state index in [-0.39, 0.29) is 5.92 Å². The quantitative estimate of drug-likeness (QED) is 0.172. The molecule has 4 unspecified atom stereocenters. The summed E-state index contributed by atoms with van der Waals surface area (Å²) < 4.78 is 4.95. The van der Waals surface area contributed by atoms with Gasteiger partial charge in [-0.2, -0.15) is 0 Å². The molecule has 3 aliphatic rings. The fraction of sp³-hybridized carbons (Fsp3) is 0.111. The molecule has 2 nitrogen and oxygen atoms in total. The van der Waals surface area contributed by atoms with Crippen LogP contribution in [0.15, 0.2) is 176 Å². The van der Waals surface area contributed by atoms with Crippen LogP contribution in [0.5, 0.6) is 0 Å². The Morgan fingerprint density at radius 3 is 1.77 bits per heavy atom. The lowest BCUT2D eigenvalue weighted by Gasteiger charge is -2.28. The van der Waals surface area contributed by atoms with Crippen molar-refractivity contribution in [3.63, 3.8) is 0 Å². The van der Waals surface area contributed by atoms with Crippen molar-refractivity contribution in [1.82, 2.24) is 9.13 Å². The van der Waals surface area contributed by atoms with Crippen molar-refractivity contribution in [1.29, 1.82) is 0 Å². The smallest absolute Gasteiger partial charge is 0.0547 e. The Morgan fingerprint density at radius 2 is 1.05 bits per heavy atom. The van der Waals surface area contributed by atoms with Crippen LogP contribution < -0.4 is 0 Å². The standard InChI is InChI=1S/C54H40N2/c1-33-12-3-4-13-39(33)46-32-50-54-52-44(18-11-19-45(46)52)40-14-5-6-17-43(40)51-34(2)22-31-49(53(51)54)56(50)38-29-25-36(26-30-38)35-23-27-37(28-24-35)55-47-20-9-7-15-41(47)42-16-8-10-21-48(42)55/h3-34,39,51H,1-2H3. The fourth-order valence-corrected chi connectivity index (χ4v) is 10.6. The van der Waals surface area contributed by atoms with Crippen LogP contribution in [0.3, 0.4) is 0 Å². The van der Waals surface area contributed by atoms with Crippen molar-refractivity contribution >= 4 is 49.6 Å². The first-order valence-corrected chi connectivity index (χ1v) is 20.1. The predicted molar refractivity (Wildman–Crippen MR) is 236 cm³/mol. The van der Waals surface area contributed by atoms with E-state index >= 15 is 0 Å². The van der Waals surface area contributed by atoms with Gasteiger partial charge in [-0.15, -0.1) is 0 Å². The van der Waals surface area contributed by atoms with Crippen molar-refractivity contribution in [2.75, 3.05) is 0 Å². The average Bonchev–Trinajstić information content (AvgIpc) is 3.72. The molecule has 3 aliphatic carbocycles. The number of fused-ring (bicyclic) bond motifs is 6. The molecule has 4 atom stereocenters. The molecule has 0 saturated carbocycles. The van der Waals surface area contributed by atoms with E-state index in [0.717, 1.165) is 0 Å². The molecule has 0 fully saturated rings. The maximum Gasteiger partial charge on any atom is 0.0547 e. The minimum absolute atomic E-state index is 0.278. The second kappa shape index (κ2) is 11.9. The second-order valence-corrected chi connectivity index (χ2v) is 16.1. The Balaban J connectivity index is 1.04. The largest absolute Gasteiger partial charge is 0.310 e. The molecule has 0 spiro atoms. The van der Waals surface area contributed by atoms with Gasteiger partial charge in [0.25, 0.3) is 0 Å². The van der Waals surface area contributed by atoms with E-state index < -0.39 is 0 Å². The van der Waals surface area contributed by atoms with Gasteiger partial charge in [0.05, 0.1) is 22.2 Å². The fourth-order valence-electron chi connectivity index (χ4n) is 10.6. The topological polar surface area (TPSA) is 9.86 Å². The van der Waals surface area contributed by atoms with Crippen molar-refractivity contribution in [3.8, 4) is 33.6 Å². The van der Waals surface area contributed by atoms with Crippen molar-refractivity contribution in [3.05, 3.63) is 198 Å². The van der Waals surface area contributed by atoms with E-state index in [2.05, 4.69) is 205 Å². The molecule has 7 aromatic carbocycles. The molecule has 0 radical (unpaired) electrons. The summed E-state index contributed by atoms with van der Waals surface area (Å²) in [6.07, 6.45) is 14.1. The minimum Gasteiger partial charge on any atom is -0.310 e. The lowest BCUT2D eigenvalue weighted by molar-refractivity contribution is 0.622. The first-order chi connectivity index (χ1) is 27.6. The van der Waals surface area contributed by atoms with E-state index in [1.807, 2.05) is 0 Å². The van der Waals surface area contributed by atoms with Gasteiger partial charge in [-0.3, -0.25) is 0 Å². The second-order valence-electron chi connectivity index (χ2n) is 16.1. The van der Waals surface area contributed by atoms with Gasteiger partial charge in [-0.1, -0.05) is 147 Å². The molecule has 2 heterocycles. The summed E-state index contributed by atoms with van der Waals surface area (Å²) >= 11 is 0. The van der Waals surface area contributed by atoms with Crippen LogP contribution in [-0.4, -0.2) is 9.13 Å². The lowest BCUT2D eigenvalue weighted by atomic mass is 9.76. The Kier molecular flexibility index (Phi) is 6.75. The minimum atomic E-state index is 0.278. The highest BCUT2D eigenvalue weighted by Crippen LogP contribution is 2.54. The Hall–Kier alpha value is -6.64. The van der Waals surface area contributed by atoms with Crippen molar-refractivity contribution < 1.29 is 0 Å². The summed E-state index contributed by atoms with van der Waals surface area (Å²) in [5, 5.41) is 6.77. The number of allylic oxidation sites excluding steroid dienone is 5. The van der Waals surface area contributed by atoms with Gasteiger partial charge in [0.15, 0.2) is 0 Å². The summed E-state index contributed by atoms with van der Waals surface area (Å²) in [7, 11) is 0. The highest BCUT2D eigenvalue weighted by molar-refractivity contribution is 6.19. The number of nitrogens with zero attached hydrogens (tertiary/aromatic N) is 2. The molecule has 0 N–H and O–H groups in total. The van der Waals surface area contributed by atoms with E-state index in [1.54, 1.807) is 0 Å². The predicted octanol–water partition coefficient (Wildman–Crippen LogP) is 14.2. The van der Waals surface area contributed by atoms with Crippen LogP contribution in [0.2, 0.25) is 0 Å². The third-order valence-electron chi connectivity index (χ3n) is 13.1. The summed E-state index contributed by atoms with van der Waals surface area (Å²) in [4.78, 5) is 0. The normalized spacial score (nSPS) is 19.4. The van der Waals surface area contributed by atoms with E-state index in [0.29, 0.717) is 17.8 Å². The van der Waals surface area contributed by atoms with Crippen LogP contribution in [0.1, 0.15) is 48.1 Å². The molecule has 0 bridgehead atoms. The van der Waals surface area contributed by atoms with Gasteiger partial charge in [0, 0.05) is 39.4 Å². The molecule has 2 aromatic heterocycles. The van der Waals surface area contributed by atoms with E-state index in [9.17, 15) is 0 Å². The summed E-state index contributed by atoms with van der Waals surface area (Å²) in [6, 6.07) is 54.5. The van der Waals surface area contributed by atoms with Gasteiger partial charge in [0.2, 0.25) is 0 Å². The summed E-state index contributed by atoms with van der Waals surface area (Å²) in [6.45, 7) is 4.75. The highest BCUT2D eigenvalue weighted by Gasteiger charge is 2.37. The van der Waals surface area contributed by atoms with Gasteiger partial charge < -0.3 is 9.13 Å². The van der Waals surface area contributed by atoms with Crippen molar-refractivity contribution in [2.24, 2.45) is 11.8 Å². The monoisotopic (exact) mass is 716 g/mol. The van der Waals surface area contributed by atoms with Gasteiger partial charge in [-0.25, -0.2) is 0 Å². The summed E-state index contributed by atoms with van der Waals surface area (Å²) in [5.41, 5.74) is 16.9. The Bertz CT molecular complexity index is 3110. The molecule has 9 aromatic rings. The number of para-hydroxylation sites is 2. The van der Waals surface area contributed by atoms with Crippen molar-refractivity contribution in [2.45, 2.75) is 25.7 Å². The number of aromatic nitrogens is 2. The number of rotatable bonds is 4. The lowest BCUT2D eigenvalue weighted by Crippen LogP contribution is -2.15. The van der Waals surface area contributed by atoms with Gasteiger partial charge >= 0.3 is 0 Å². The zero-order valence-electron chi connectivity index (χ0n) is 31.5. The molecule has 2 heteroatoms. The van der Waals surface area contributed by atoms with E-state index in [4.69, 9.17) is 0 Å². The summed E-state index contributed by atoms with van der Waals surface area (Å²) in [5.74, 6) is 1.37. The van der Waals surface area contributed by atoms with Crippen LogP contribution in [0.25, 0.3) is 83.2 Å². The molecule has 56 heavy (non-hydrogen) atoms. The molecule has 0 aliphatic heterocycles. The molecular formula is C54H40N2.